The maximum absolute atomic E-state index is 12.0. The van der Waals surface area contributed by atoms with Crippen LogP contribution in [-0.2, 0) is 19.4 Å². The summed E-state index contributed by atoms with van der Waals surface area (Å²) in [6.45, 7) is 2.23. The second-order valence-electron chi connectivity index (χ2n) is 5.57. The molecule has 0 amide bonds. The number of fused-ring (bicyclic) bond motifs is 1. The molecule has 3 N–H and O–H groups in total. The fraction of sp³-hybridized carbons (Fsp3) is 0.353. The zero-order valence-electron chi connectivity index (χ0n) is 11.8. The minimum Gasteiger partial charge on any atom is -0.326 e. The Labute approximate surface area is 118 Å². The molecule has 3 heteroatoms. The van der Waals surface area contributed by atoms with Gasteiger partial charge in [-0.25, -0.2) is 0 Å². The van der Waals surface area contributed by atoms with Crippen LogP contribution in [0, 0.1) is 6.92 Å². The summed E-state index contributed by atoms with van der Waals surface area (Å²) in [6, 6.07) is 8.56. The zero-order chi connectivity index (χ0) is 14.1. The Hall–Kier alpha value is -1.87. The van der Waals surface area contributed by atoms with E-state index in [0.29, 0.717) is 5.56 Å². The predicted molar refractivity (Wildman–Crippen MR) is 81.8 cm³/mol. The molecule has 3 nitrogen and oxygen atoms in total. The molecule has 0 spiro atoms. The number of pyridine rings is 1. The first-order valence-electron chi connectivity index (χ1n) is 7.24. The first-order valence-corrected chi connectivity index (χ1v) is 7.24. The van der Waals surface area contributed by atoms with E-state index < -0.39 is 0 Å². The number of nitrogens with two attached hydrogens (primary N) is 1. The number of H-pyrrole nitrogens is 1. The van der Waals surface area contributed by atoms with Gasteiger partial charge < -0.3 is 10.7 Å². The molecule has 104 valence electrons. The van der Waals surface area contributed by atoms with Crippen LogP contribution < -0.4 is 11.3 Å². The van der Waals surface area contributed by atoms with Crippen LogP contribution >= 0.6 is 0 Å². The van der Waals surface area contributed by atoms with E-state index in [1.807, 2.05) is 13.0 Å². The van der Waals surface area contributed by atoms with E-state index >= 15 is 0 Å². The number of benzene rings is 1. The average molecular weight is 268 g/mol. The molecule has 0 radical (unpaired) electrons. The van der Waals surface area contributed by atoms with Gasteiger partial charge in [0.15, 0.2) is 0 Å². The van der Waals surface area contributed by atoms with Gasteiger partial charge >= 0.3 is 0 Å². The van der Waals surface area contributed by atoms with Crippen LogP contribution in [0.4, 0.5) is 0 Å². The molecule has 0 unspecified atom stereocenters. The number of nitrogens with one attached hydrogen (secondary N) is 1. The minimum absolute atomic E-state index is 0.0692. The standard InChI is InChI=1S/C17H20N2O/c1-11-8-16(19-17(20)15(11)10-18)14-7-6-12-4-2-3-5-13(12)9-14/h6-9H,2-5,10,18H2,1H3,(H,19,20). The number of hydrogen-bond acceptors (Lipinski definition) is 2. The van der Waals surface area contributed by atoms with E-state index in [1.54, 1.807) is 0 Å². The van der Waals surface area contributed by atoms with Crippen LogP contribution in [0.1, 0.15) is 35.1 Å². The first kappa shape index (κ1) is 13.1. The lowest BCUT2D eigenvalue weighted by Gasteiger charge is -2.17. The Morgan fingerprint density at radius 2 is 1.90 bits per heavy atom. The van der Waals surface area contributed by atoms with Gasteiger partial charge in [0.1, 0.15) is 0 Å². The average Bonchev–Trinajstić information content (AvgIpc) is 2.46. The van der Waals surface area contributed by atoms with Crippen molar-refractivity contribution in [3.8, 4) is 11.3 Å². The van der Waals surface area contributed by atoms with Gasteiger partial charge in [0.05, 0.1) is 0 Å². The minimum atomic E-state index is -0.0692. The first-order chi connectivity index (χ1) is 9.69. The largest absolute Gasteiger partial charge is 0.326 e. The number of aromatic amines is 1. The molecule has 1 aromatic heterocycles. The van der Waals surface area contributed by atoms with Crippen molar-refractivity contribution in [3.05, 3.63) is 56.9 Å². The highest BCUT2D eigenvalue weighted by Crippen LogP contribution is 2.26. The summed E-state index contributed by atoms with van der Waals surface area (Å²) in [5.41, 5.74) is 12.0. The monoisotopic (exact) mass is 268 g/mol. The third-order valence-electron chi connectivity index (χ3n) is 4.22. The topological polar surface area (TPSA) is 58.9 Å². The third kappa shape index (κ3) is 2.29. The molecule has 0 bridgehead atoms. The fourth-order valence-corrected chi connectivity index (χ4v) is 3.03. The zero-order valence-corrected chi connectivity index (χ0v) is 11.8. The summed E-state index contributed by atoms with van der Waals surface area (Å²) in [5.74, 6) is 0. The normalized spacial score (nSPS) is 14.1. The van der Waals surface area contributed by atoms with Gasteiger partial charge in [-0.05, 0) is 67.0 Å². The fourth-order valence-electron chi connectivity index (χ4n) is 3.03. The quantitative estimate of drug-likeness (QED) is 0.879. The van der Waals surface area contributed by atoms with Crippen molar-refractivity contribution in [2.45, 2.75) is 39.2 Å². The molecule has 3 rings (SSSR count). The van der Waals surface area contributed by atoms with Gasteiger partial charge in [0, 0.05) is 17.8 Å². The molecule has 0 atom stereocenters. The van der Waals surface area contributed by atoms with Crippen LogP contribution in [0.5, 0.6) is 0 Å². The van der Waals surface area contributed by atoms with Crippen molar-refractivity contribution in [2.75, 3.05) is 0 Å². The van der Waals surface area contributed by atoms with Gasteiger partial charge in [-0.2, -0.15) is 0 Å². The SMILES string of the molecule is Cc1cc(-c2ccc3c(c2)CCCC3)[nH]c(=O)c1CN. The Morgan fingerprint density at radius 3 is 2.60 bits per heavy atom. The maximum atomic E-state index is 12.0. The molecule has 1 aliphatic carbocycles. The van der Waals surface area contributed by atoms with Gasteiger partial charge in [0.2, 0.25) is 0 Å². The van der Waals surface area contributed by atoms with Gasteiger partial charge in [-0.15, -0.1) is 0 Å². The molecule has 2 aromatic rings. The third-order valence-corrected chi connectivity index (χ3v) is 4.22. The molecule has 0 fully saturated rings. The Morgan fingerprint density at radius 1 is 1.15 bits per heavy atom. The molecule has 1 heterocycles. The highest BCUT2D eigenvalue weighted by atomic mass is 16.1. The van der Waals surface area contributed by atoms with E-state index in [2.05, 4.69) is 23.2 Å². The Kier molecular flexibility index (Phi) is 3.45. The summed E-state index contributed by atoms with van der Waals surface area (Å²) in [4.78, 5) is 15.0. The van der Waals surface area contributed by atoms with Crippen molar-refractivity contribution in [2.24, 2.45) is 5.73 Å². The second-order valence-corrected chi connectivity index (χ2v) is 5.57. The van der Waals surface area contributed by atoms with Gasteiger partial charge in [0.25, 0.3) is 5.56 Å². The van der Waals surface area contributed by atoms with Crippen LogP contribution in [0.2, 0.25) is 0 Å². The van der Waals surface area contributed by atoms with Gasteiger partial charge in [-0.3, -0.25) is 4.79 Å². The summed E-state index contributed by atoms with van der Waals surface area (Å²) in [7, 11) is 0. The molecule has 1 aliphatic rings. The van der Waals surface area contributed by atoms with Crippen LogP contribution in [0.3, 0.4) is 0 Å². The number of hydrogen-bond donors (Lipinski definition) is 2. The number of aryl methyl sites for hydroxylation is 3. The molecule has 20 heavy (non-hydrogen) atoms. The lowest BCUT2D eigenvalue weighted by molar-refractivity contribution is 0.686. The summed E-state index contributed by atoms with van der Waals surface area (Å²) >= 11 is 0. The molecular formula is C17H20N2O. The van der Waals surface area contributed by atoms with E-state index in [1.165, 1.54) is 30.4 Å². The Balaban J connectivity index is 2.07. The Bertz CT molecular complexity index is 701. The van der Waals surface area contributed by atoms with Crippen LogP contribution in [-0.4, -0.2) is 4.98 Å². The van der Waals surface area contributed by atoms with E-state index in [4.69, 9.17) is 5.73 Å². The molecule has 0 saturated carbocycles. The smallest absolute Gasteiger partial charge is 0.253 e. The highest BCUT2D eigenvalue weighted by molar-refractivity contribution is 5.62. The van der Waals surface area contributed by atoms with E-state index in [-0.39, 0.29) is 12.1 Å². The summed E-state index contributed by atoms with van der Waals surface area (Å²) in [5, 5.41) is 0. The van der Waals surface area contributed by atoms with Gasteiger partial charge in [-0.1, -0.05) is 12.1 Å². The van der Waals surface area contributed by atoms with Crippen molar-refractivity contribution in [3.63, 3.8) is 0 Å². The lowest BCUT2D eigenvalue weighted by Crippen LogP contribution is -2.18. The van der Waals surface area contributed by atoms with Crippen LogP contribution in [0.25, 0.3) is 11.3 Å². The highest BCUT2D eigenvalue weighted by Gasteiger charge is 2.11. The predicted octanol–water partition coefficient (Wildman–Crippen LogP) is 2.69. The molecule has 1 aromatic carbocycles. The van der Waals surface area contributed by atoms with Crippen molar-refractivity contribution in [1.29, 1.82) is 0 Å². The molecule has 0 saturated heterocycles. The van der Waals surface area contributed by atoms with Crippen molar-refractivity contribution in [1.82, 2.24) is 4.98 Å². The van der Waals surface area contributed by atoms with E-state index in [0.717, 1.165) is 23.2 Å². The summed E-state index contributed by atoms with van der Waals surface area (Å²) in [6.07, 6.45) is 4.87. The molecule has 0 aliphatic heterocycles. The maximum Gasteiger partial charge on any atom is 0.253 e. The number of rotatable bonds is 2. The number of aromatic nitrogens is 1. The van der Waals surface area contributed by atoms with E-state index in [9.17, 15) is 4.79 Å². The molecular weight excluding hydrogens is 248 g/mol. The second kappa shape index (κ2) is 5.25. The van der Waals surface area contributed by atoms with Crippen molar-refractivity contribution < 1.29 is 0 Å². The summed E-state index contributed by atoms with van der Waals surface area (Å²) < 4.78 is 0. The lowest BCUT2D eigenvalue weighted by atomic mass is 9.89. The van der Waals surface area contributed by atoms with Crippen LogP contribution in [0.15, 0.2) is 29.1 Å². The van der Waals surface area contributed by atoms with Crippen molar-refractivity contribution >= 4 is 0 Å².